The first-order chi connectivity index (χ1) is 9.83. The fourth-order valence-corrected chi connectivity index (χ4v) is 1.81. The fourth-order valence-electron chi connectivity index (χ4n) is 1.81. The van der Waals surface area contributed by atoms with Gasteiger partial charge in [-0.25, -0.2) is 4.79 Å². The number of rotatable bonds is 8. The van der Waals surface area contributed by atoms with E-state index in [-0.39, 0.29) is 11.8 Å². The quantitative estimate of drug-likeness (QED) is 0.390. The van der Waals surface area contributed by atoms with E-state index in [4.69, 9.17) is 6.42 Å². The molecule has 2 amide bonds. The second-order valence-corrected chi connectivity index (χ2v) is 5.10. The molecule has 0 aromatic rings. The second-order valence-electron chi connectivity index (χ2n) is 5.10. The van der Waals surface area contributed by atoms with Crippen LogP contribution in [0.15, 0.2) is 0 Å². The summed E-state index contributed by atoms with van der Waals surface area (Å²) < 4.78 is 4.67. The van der Waals surface area contributed by atoms with Gasteiger partial charge in [0.15, 0.2) is 0 Å². The lowest BCUT2D eigenvalue weighted by Crippen LogP contribution is -2.53. The summed E-state index contributed by atoms with van der Waals surface area (Å²) in [6, 6.07) is -1.45. The predicted octanol–water partition coefficient (Wildman–Crippen LogP) is 0.608. The molecule has 0 aliphatic rings. The third kappa shape index (κ3) is 7.35. The summed E-state index contributed by atoms with van der Waals surface area (Å²) in [7, 11) is 1.26. The third-order valence-corrected chi connectivity index (χ3v) is 2.92. The third-order valence-electron chi connectivity index (χ3n) is 2.92. The predicted molar refractivity (Wildman–Crippen MR) is 79.1 cm³/mol. The Balaban J connectivity index is 4.79. The highest BCUT2D eigenvalue weighted by Gasteiger charge is 2.28. The van der Waals surface area contributed by atoms with Crippen molar-refractivity contribution in [1.29, 1.82) is 0 Å². The molecule has 0 unspecified atom stereocenters. The fraction of sp³-hybridized carbons (Fsp3) is 0.667. The van der Waals surface area contributed by atoms with Gasteiger partial charge in [-0.15, -0.1) is 12.3 Å². The number of esters is 1. The zero-order valence-electron chi connectivity index (χ0n) is 13.1. The van der Waals surface area contributed by atoms with Crippen molar-refractivity contribution in [2.75, 3.05) is 7.11 Å². The molecule has 0 aromatic heterocycles. The lowest BCUT2D eigenvalue weighted by molar-refractivity contribution is -0.145. The molecule has 0 saturated heterocycles. The average molecular weight is 296 g/mol. The topological polar surface area (TPSA) is 84.5 Å². The Kier molecular flexibility index (Phi) is 8.86. The van der Waals surface area contributed by atoms with E-state index < -0.39 is 24.0 Å². The number of terminal acetylenes is 1. The first-order valence-electron chi connectivity index (χ1n) is 6.92. The van der Waals surface area contributed by atoms with Gasteiger partial charge in [0, 0.05) is 13.3 Å². The van der Waals surface area contributed by atoms with Crippen molar-refractivity contribution in [1.82, 2.24) is 10.6 Å². The molecular formula is C15H24N2O4. The van der Waals surface area contributed by atoms with E-state index in [1.54, 1.807) is 0 Å². The Bertz CT molecular complexity index is 412. The van der Waals surface area contributed by atoms with Crippen molar-refractivity contribution < 1.29 is 19.1 Å². The average Bonchev–Trinajstić information content (AvgIpc) is 2.42. The van der Waals surface area contributed by atoms with Crippen LogP contribution in [0.5, 0.6) is 0 Å². The highest BCUT2D eigenvalue weighted by atomic mass is 16.5. The van der Waals surface area contributed by atoms with Gasteiger partial charge in [0.2, 0.25) is 11.8 Å². The molecule has 0 aromatic carbocycles. The van der Waals surface area contributed by atoms with E-state index in [2.05, 4.69) is 21.3 Å². The molecule has 6 nitrogen and oxygen atoms in total. The van der Waals surface area contributed by atoms with Gasteiger partial charge in [0.25, 0.3) is 0 Å². The van der Waals surface area contributed by atoms with Crippen LogP contribution in [-0.4, -0.2) is 37.0 Å². The molecule has 6 heteroatoms. The molecule has 2 N–H and O–H groups in total. The molecule has 0 radical (unpaired) electrons. The molecule has 0 rings (SSSR count). The highest BCUT2D eigenvalue weighted by molar-refractivity contribution is 5.90. The Labute approximate surface area is 126 Å². The maximum absolute atomic E-state index is 12.2. The van der Waals surface area contributed by atoms with Gasteiger partial charge in [0.1, 0.15) is 12.1 Å². The maximum atomic E-state index is 12.2. The summed E-state index contributed by atoms with van der Waals surface area (Å²) in [5.41, 5.74) is 0. The van der Waals surface area contributed by atoms with Crippen molar-refractivity contribution in [2.45, 2.75) is 52.1 Å². The molecule has 0 aliphatic heterocycles. The van der Waals surface area contributed by atoms with E-state index in [1.165, 1.54) is 14.0 Å². The van der Waals surface area contributed by atoms with E-state index in [0.717, 1.165) is 0 Å². The molecule has 0 aliphatic carbocycles. The summed E-state index contributed by atoms with van der Waals surface area (Å²) in [6.45, 7) is 4.96. The van der Waals surface area contributed by atoms with Crippen molar-refractivity contribution in [2.24, 2.45) is 5.92 Å². The van der Waals surface area contributed by atoms with Crippen LogP contribution in [0.3, 0.4) is 0 Å². The van der Waals surface area contributed by atoms with Crippen molar-refractivity contribution >= 4 is 17.8 Å². The lowest BCUT2D eigenvalue weighted by Gasteiger charge is -2.24. The van der Waals surface area contributed by atoms with Gasteiger partial charge in [-0.3, -0.25) is 9.59 Å². The van der Waals surface area contributed by atoms with Crippen molar-refractivity contribution in [3.63, 3.8) is 0 Å². The number of carbonyl (C=O) groups excluding carboxylic acids is 3. The van der Waals surface area contributed by atoms with Crippen LogP contribution in [0.25, 0.3) is 0 Å². The van der Waals surface area contributed by atoms with Gasteiger partial charge < -0.3 is 15.4 Å². The van der Waals surface area contributed by atoms with Gasteiger partial charge in [-0.1, -0.05) is 13.8 Å². The van der Waals surface area contributed by atoms with Crippen LogP contribution in [0, 0.1) is 18.3 Å². The van der Waals surface area contributed by atoms with Crippen LogP contribution in [-0.2, 0) is 19.1 Å². The van der Waals surface area contributed by atoms with E-state index in [0.29, 0.717) is 19.3 Å². The SMILES string of the molecule is C#CCCC[C@@H](NC(=O)[C@H](NC(C)=O)C(C)C)C(=O)OC. The van der Waals surface area contributed by atoms with E-state index >= 15 is 0 Å². The molecule has 118 valence electrons. The zero-order chi connectivity index (χ0) is 16.4. The Morgan fingerprint density at radius 3 is 2.29 bits per heavy atom. The standard InChI is InChI=1S/C15H24N2O4/c1-6-7-8-9-12(15(20)21-5)17-14(19)13(10(2)3)16-11(4)18/h1,10,12-13H,7-9H2,2-5H3,(H,16,18)(H,17,19)/t12-,13-/m1/s1. The first-order valence-corrected chi connectivity index (χ1v) is 6.92. The van der Waals surface area contributed by atoms with Crippen LogP contribution in [0.4, 0.5) is 0 Å². The maximum Gasteiger partial charge on any atom is 0.328 e. The zero-order valence-corrected chi connectivity index (χ0v) is 13.1. The molecule has 21 heavy (non-hydrogen) atoms. The minimum atomic E-state index is -0.758. The number of ether oxygens (including phenoxy) is 1. The Morgan fingerprint density at radius 1 is 1.24 bits per heavy atom. The molecule has 0 heterocycles. The summed E-state index contributed by atoms with van der Waals surface area (Å²) in [4.78, 5) is 35.0. The van der Waals surface area contributed by atoms with Crippen LogP contribution >= 0.6 is 0 Å². The van der Waals surface area contributed by atoms with Crippen molar-refractivity contribution in [3.05, 3.63) is 0 Å². The van der Waals surface area contributed by atoms with E-state index in [1.807, 2.05) is 13.8 Å². The number of nitrogens with one attached hydrogen (secondary N) is 2. The minimum Gasteiger partial charge on any atom is -0.467 e. The van der Waals surface area contributed by atoms with Crippen LogP contribution in [0.2, 0.25) is 0 Å². The molecular weight excluding hydrogens is 272 g/mol. The number of amides is 2. The summed E-state index contributed by atoms with van der Waals surface area (Å²) in [5, 5.41) is 5.19. The van der Waals surface area contributed by atoms with Crippen molar-refractivity contribution in [3.8, 4) is 12.3 Å². The lowest BCUT2D eigenvalue weighted by atomic mass is 10.0. The molecule has 0 fully saturated rings. The number of hydrogen-bond acceptors (Lipinski definition) is 4. The molecule has 0 saturated carbocycles. The first kappa shape index (κ1) is 19.0. The second kappa shape index (κ2) is 9.81. The number of hydrogen-bond donors (Lipinski definition) is 2. The highest BCUT2D eigenvalue weighted by Crippen LogP contribution is 2.06. The number of carbonyl (C=O) groups is 3. The summed E-state index contributed by atoms with van der Waals surface area (Å²) in [6.07, 6.45) is 6.68. The van der Waals surface area contributed by atoms with Crippen LogP contribution < -0.4 is 10.6 Å². The van der Waals surface area contributed by atoms with Gasteiger partial charge in [-0.2, -0.15) is 0 Å². The smallest absolute Gasteiger partial charge is 0.328 e. The monoisotopic (exact) mass is 296 g/mol. The Hall–Kier alpha value is -2.03. The van der Waals surface area contributed by atoms with Crippen LogP contribution in [0.1, 0.15) is 40.0 Å². The normalized spacial score (nSPS) is 13.0. The molecule has 0 bridgehead atoms. The molecule has 0 spiro atoms. The van der Waals surface area contributed by atoms with Gasteiger partial charge >= 0.3 is 5.97 Å². The molecule has 2 atom stereocenters. The van der Waals surface area contributed by atoms with Gasteiger partial charge in [0.05, 0.1) is 7.11 Å². The van der Waals surface area contributed by atoms with E-state index in [9.17, 15) is 14.4 Å². The summed E-state index contributed by atoms with van der Waals surface area (Å²) >= 11 is 0. The largest absolute Gasteiger partial charge is 0.467 e. The Morgan fingerprint density at radius 2 is 1.86 bits per heavy atom. The number of unbranched alkanes of at least 4 members (excludes halogenated alkanes) is 1. The van der Waals surface area contributed by atoms with Gasteiger partial charge in [-0.05, 0) is 18.8 Å². The summed E-state index contributed by atoms with van der Waals surface area (Å²) in [5.74, 6) is 1.15. The number of methoxy groups -OCH3 is 1. The minimum absolute atomic E-state index is 0.0992.